The number of nitrogen functional groups attached to an aromatic ring is 1. The molecule has 106 valence electrons. The first kappa shape index (κ1) is 14.3. The predicted molar refractivity (Wildman–Crippen MR) is 73.6 cm³/mol. The zero-order chi connectivity index (χ0) is 14.7. The number of nitrogens with one attached hydrogen (secondary N) is 1. The minimum absolute atomic E-state index is 0.0185. The van der Waals surface area contributed by atoms with E-state index in [1.54, 1.807) is 0 Å². The van der Waals surface area contributed by atoms with Crippen molar-refractivity contribution in [3.8, 4) is 0 Å². The summed E-state index contributed by atoms with van der Waals surface area (Å²) in [6.45, 7) is 0.0349. The molecule has 3 N–H and O–H groups in total. The normalized spacial score (nSPS) is 14.8. The van der Waals surface area contributed by atoms with Crippen LogP contribution in [-0.4, -0.2) is 34.3 Å². The number of carbonyl (C=O) groups excluding carboxylic acids is 3. The van der Waals surface area contributed by atoms with E-state index in [2.05, 4.69) is 5.32 Å². The molecule has 0 bridgehead atoms. The zero-order valence-corrected chi connectivity index (χ0v) is 11.2. The van der Waals surface area contributed by atoms with Crippen LogP contribution in [0.25, 0.3) is 0 Å². The summed E-state index contributed by atoms with van der Waals surface area (Å²) in [6.07, 6.45) is -0.0185. The van der Waals surface area contributed by atoms with Crippen molar-refractivity contribution in [3.05, 3.63) is 24.0 Å². The molecule has 0 aromatic heterocycles. The highest BCUT2D eigenvalue weighted by molar-refractivity contribution is 8.14. The maximum absolute atomic E-state index is 13.0. The Morgan fingerprint density at radius 3 is 2.80 bits per heavy atom. The summed E-state index contributed by atoms with van der Waals surface area (Å²) in [6, 6.07) is 3.83. The lowest BCUT2D eigenvalue weighted by molar-refractivity contribution is -0.125. The number of thioether (sulfide) groups is 1. The number of hydrogen-bond acceptors (Lipinski definition) is 5. The first-order chi connectivity index (χ1) is 9.47. The summed E-state index contributed by atoms with van der Waals surface area (Å²) >= 11 is 0.920. The fourth-order valence-electron chi connectivity index (χ4n) is 1.66. The first-order valence-corrected chi connectivity index (χ1v) is 6.78. The van der Waals surface area contributed by atoms with Gasteiger partial charge >= 0.3 is 0 Å². The lowest BCUT2D eigenvalue weighted by atomic mass is 10.2. The molecule has 6 nitrogen and oxygen atoms in total. The molecule has 8 heteroatoms. The van der Waals surface area contributed by atoms with E-state index in [-0.39, 0.29) is 41.5 Å². The molecule has 1 aliphatic rings. The fourth-order valence-corrected chi connectivity index (χ4v) is 2.41. The Balaban J connectivity index is 1.88. The Hall–Kier alpha value is -2.09. The van der Waals surface area contributed by atoms with E-state index in [0.29, 0.717) is 5.69 Å². The van der Waals surface area contributed by atoms with Gasteiger partial charge in [-0.15, -0.1) is 0 Å². The van der Waals surface area contributed by atoms with Crippen molar-refractivity contribution in [2.45, 2.75) is 6.42 Å². The average molecular weight is 297 g/mol. The molecule has 0 atom stereocenters. The molecule has 1 saturated heterocycles. The fraction of sp³-hybridized carbons (Fsp3) is 0.250. The summed E-state index contributed by atoms with van der Waals surface area (Å²) in [5.41, 5.74) is 5.68. The number of rotatable bonds is 4. The largest absolute Gasteiger partial charge is 0.396 e. The third-order valence-corrected chi connectivity index (χ3v) is 3.54. The highest BCUT2D eigenvalue weighted by atomic mass is 32.2. The van der Waals surface area contributed by atoms with Crippen molar-refractivity contribution < 1.29 is 18.8 Å². The Labute approximate surface area is 118 Å². The minimum Gasteiger partial charge on any atom is -0.396 e. The molecule has 1 aromatic rings. The summed E-state index contributed by atoms with van der Waals surface area (Å²) < 4.78 is 13.0. The van der Waals surface area contributed by atoms with Crippen molar-refractivity contribution in [2.24, 2.45) is 0 Å². The molecule has 0 saturated carbocycles. The SMILES string of the molecule is Nc1cc(NC(=O)CCN2C(=O)CSC2=O)ccc1F. The summed E-state index contributed by atoms with van der Waals surface area (Å²) in [7, 11) is 0. The lowest BCUT2D eigenvalue weighted by Gasteiger charge is -2.12. The van der Waals surface area contributed by atoms with Crippen LogP contribution in [0.2, 0.25) is 0 Å². The van der Waals surface area contributed by atoms with Crippen LogP contribution in [0.1, 0.15) is 6.42 Å². The van der Waals surface area contributed by atoms with Crippen molar-refractivity contribution >= 4 is 40.2 Å². The monoisotopic (exact) mass is 297 g/mol. The van der Waals surface area contributed by atoms with Gasteiger partial charge in [-0.05, 0) is 18.2 Å². The van der Waals surface area contributed by atoms with E-state index in [1.165, 1.54) is 12.1 Å². The molecule has 0 spiro atoms. The molecule has 0 unspecified atom stereocenters. The number of anilines is 2. The summed E-state index contributed by atoms with van der Waals surface area (Å²) in [5, 5.41) is 2.18. The second-order valence-corrected chi connectivity index (χ2v) is 5.06. The van der Waals surface area contributed by atoms with Crippen molar-refractivity contribution in [3.63, 3.8) is 0 Å². The van der Waals surface area contributed by atoms with Crippen LogP contribution in [0.4, 0.5) is 20.6 Å². The second-order valence-electron chi connectivity index (χ2n) is 4.13. The van der Waals surface area contributed by atoms with Crippen LogP contribution in [0.5, 0.6) is 0 Å². The van der Waals surface area contributed by atoms with Gasteiger partial charge in [0.05, 0.1) is 11.4 Å². The topological polar surface area (TPSA) is 92.5 Å². The average Bonchev–Trinajstić information content (AvgIpc) is 2.71. The molecule has 1 fully saturated rings. The molecule has 0 radical (unpaired) electrons. The first-order valence-electron chi connectivity index (χ1n) is 5.79. The Bertz CT molecular complexity index is 563. The van der Waals surface area contributed by atoms with Crippen LogP contribution in [0, 0.1) is 5.82 Å². The van der Waals surface area contributed by atoms with Crippen LogP contribution in [0.15, 0.2) is 18.2 Å². The summed E-state index contributed by atoms with van der Waals surface area (Å²) in [5.74, 6) is -1.12. The van der Waals surface area contributed by atoms with E-state index < -0.39 is 5.82 Å². The van der Waals surface area contributed by atoms with Crippen LogP contribution in [-0.2, 0) is 9.59 Å². The van der Waals surface area contributed by atoms with Gasteiger partial charge in [-0.3, -0.25) is 19.3 Å². The van der Waals surface area contributed by atoms with Gasteiger partial charge in [0.1, 0.15) is 5.82 Å². The number of amides is 3. The van der Waals surface area contributed by atoms with Crippen LogP contribution in [0.3, 0.4) is 0 Å². The standard InChI is InChI=1S/C12H12FN3O3S/c13-8-2-1-7(5-9(8)14)15-10(17)3-4-16-11(18)6-20-12(16)19/h1-2,5H,3-4,6,14H2,(H,15,17). The van der Waals surface area contributed by atoms with Gasteiger partial charge < -0.3 is 11.1 Å². The van der Waals surface area contributed by atoms with E-state index >= 15 is 0 Å². The number of carbonyl (C=O) groups is 3. The van der Waals surface area contributed by atoms with Gasteiger partial charge in [-0.2, -0.15) is 0 Å². The Morgan fingerprint density at radius 1 is 1.45 bits per heavy atom. The quantitative estimate of drug-likeness (QED) is 0.820. The number of imide groups is 1. The number of nitrogens with two attached hydrogens (primary N) is 1. The third kappa shape index (κ3) is 3.27. The van der Waals surface area contributed by atoms with E-state index in [1.807, 2.05) is 0 Å². The molecule has 1 aromatic carbocycles. The van der Waals surface area contributed by atoms with Gasteiger partial charge in [0.15, 0.2) is 0 Å². The molecular formula is C12H12FN3O3S. The van der Waals surface area contributed by atoms with Crippen LogP contribution >= 0.6 is 11.8 Å². The Morgan fingerprint density at radius 2 is 2.20 bits per heavy atom. The van der Waals surface area contributed by atoms with Crippen molar-refractivity contribution in [2.75, 3.05) is 23.3 Å². The smallest absolute Gasteiger partial charge is 0.288 e. The molecule has 1 heterocycles. The highest BCUT2D eigenvalue weighted by Crippen LogP contribution is 2.19. The van der Waals surface area contributed by atoms with E-state index in [9.17, 15) is 18.8 Å². The molecular weight excluding hydrogens is 285 g/mol. The van der Waals surface area contributed by atoms with Gasteiger partial charge in [0, 0.05) is 18.7 Å². The van der Waals surface area contributed by atoms with Crippen molar-refractivity contribution in [1.82, 2.24) is 4.90 Å². The maximum Gasteiger partial charge on any atom is 0.288 e. The van der Waals surface area contributed by atoms with E-state index in [4.69, 9.17) is 5.73 Å². The minimum atomic E-state index is -0.562. The Kier molecular flexibility index (Phi) is 4.23. The molecule has 2 rings (SSSR count). The number of halogens is 1. The number of nitrogens with zero attached hydrogens (tertiary/aromatic N) is 1. The highest BCUT2D eigenvalue weighted by Gasteiger charge is 2.29. The van der Waals surface area contributed by atoms with Gasteiger partial charge in [0.25, 0.3) is 5.24 Å². The van der Waals surface area contributed by atoms with Crippen LogP contribution < -0.4 is 11.1 Å². The van der Waals surface area contributed by atoms with E-state index in [0.717, 1.165) is 22.7 Å². The van der Waals surface area contributed by atoms with Gasteiger partial charge in [-0.1, -0.05) is 11.8 Å². The second kappa shape index (κ2) is 5.91. The maximum atomic E-state index is 13.0. The van der Waals surface area contributed by atoms with Crippen molar-refractivity contribution in [1.29, 1.82) is 0 Å². The molecule has 1 aliphatic heterocycles. The van der Waals surface area contributed by atoms with Gasteiger partial charge in [0.2, 0.25) is 11.8 Å². The third-order valence-electron chi connectivity index (χ3n) is 2.68. The summed E-state index contributed by atoms with van der Waals surface area (Å²) in [4.78, 5) is 35.4. The number of benzene rings is 1. The molecule has 3 amide bonds. The molecule has 0 aliphatic carbocycles. The molecule has 20 heavy (non-hydrogen) atoms. The van der Waals surface area contributed by atoms with Gasteiger partial charge in [-0.25, -0.2) is 4.39 Å². The lowest BCUT2D eigenvalue weighted by Crippen LogP contribution is -2.31. The zero-order valence-electron chi connectivity index (χ0n) is 10.4. The predicted octanol–water partition coefficient (Wildman–Crippen LogP) is 1.43. The number of hydrogen-bond donors (Lipinski definition) is 2.